The molecule has 162 valence electrons. The van der Waals surface area contributed by atoms with Crippen molar-refractivity contribution in [1.29, 1.82) is 0 Å². The van der Waals surface area contributed by atoms with E-state index in [1.807, 2.05) is 39.0 Å². The van der Waals surface area contributed by atoms with Crippen LogP contribution in [0.1, 0.15) is 54.5 Å². The topological polar surface area (TPSA) is 101 Å². The molecule has 31 heavy (non-hydrogen) atoms. The molecule has 1 saturated heterocycles. The van der Waals surface area contributed by atoms with Crippen LogP contribution in [0.4, 0.5) is 5.69 Å². The molecule has 3 aromatic rings. The fourth-order valence-corrected chi connectivity index (χ4v) is 3.72. The van der Waals surface area contributed by atoms with Crippen molar-refractivity contribution >= 4 is 17.5 Å². The molecule has 1 aromatic carbocycles. The number of amides is 2. The van der Waals surface area contributed by atoms with Gasteiger partial charge in [-0.15, -0.1) is 0 Å². The Morgan fingerprint density at radius 3 is 2.58 bits per heavy atom. The van der Waals surface area contributed by atoms with E-state index in [0.717, 1.165) is 5.56 Å². The zero-order chi connectivity index (χ0) is 22.0. The molecule has 1 fully saturated rings. The van der Waals surface area contributed by atoms with Gasteiger partial charge in [0, 0.05) is 24.9 Å². The third-order valence-corrected chi connectivity index (χ3v) is 5.59. The van der Waals surface area contributed by atoms with Crippen molar-refractivity contribution in [3.05, 3.63) is 53.7 Å². The first-order valence-corrected chi connectivity index (χ1v) is 10.5. The number of aromatic nitrogens is 2. The Hall–Kier alpha value is -3.42. The second kappa shape index (κ2) is 8.75. The van der Waals surface area contributed by atoms with E-state index in [2.05, 4.69) is 15.5 Å². The lowest BCUT2D eigenvalue weighted by molar-refractivity contribution is -0.121. The Labute approximate surface area is 180 Å². The van der Waals surface area contributed by atoms with Gasteiger partial charge >= 0.3 is 0 Å². The fraction of sp³-hybridized carbons (Fsp3) is 0.391. The Morgan fingerprint density at radius 2 is 1.94 bits per heavy atom. The molecule has 0 spiro atoms. The number of hydrogen-bond donors (Lipinski definition) is 1. The lowest BCUT2D eigenvalue weighted by Crippen LogP contribution is -2.41. The van der Waals surface area contributed by atoms with Gasteiger partial charge in [-0.25, -0.2) is 0 Å². The number of likely N-dealkylation sites (tertiary alicyclic amines) is 1. The standard InChI is InChI=1S/C23H26N4O4/c1-14(2)20-25-22(31-26-20)17-7-4-6-15(3)19(17)24-21(28)16-9-11-27(12-10-16)23(29)18-8-5-13-30-18/h4-8,13-14,16H,9-12H2,1-3H3,(H,24,28). The van der Waals surface area contributed by atoms with Gasteiger partial charge in [0.1, 0.15) is 0 Å². The van der Waals surface area contributed by atoms with E-state index in [1.165, 1.54) is 6.26 Å². The predicted molar refractivity (Wildman–Crippen MR) is 115 cm³/mol. The number of furan rings is 1. The summed E-state index contributed by atoms with van der Waals surface area (Å²) in [5.74, 6) is 1.11. The van der Waals surface area contributed by atoms with Crippen LogP contribution in [-0.4, -0.2) is 39.9 Å². The van der Waals surface area contributed by atoms with E-state index in [4.69, 9.17) is 8.94 Å². The van der Waals surface area contributed by atoms with Crippen LogP contribution in [0.15, 0.2) is 45.5 Å². The van der Waals surface area contributed by atoms with Crippen LogP contribution in [-0.2, 0) is 4.79 Å². The molecule has 8 nitrogen and oxygen atoms in total. The molecule has 2 aromatic heterocycles. The highest BCUT2D eigenvalue weighted by Crippen LogP contribution is 2.32. The molecular formula is C23H26N4O4. The number of nitrogens with zero attached hydrogens (tertiary/aromatic N) is 3. The number of piperidine rings is 1. The summed E-state index contributed by atoms with van der Waals surface area (Å²) in [4.78, 5) is 31.7. The van der Waals surface area contributed by atoms with E-state index >= 15 is 0 Å². The van der Waals surface area contributed by atoms with Gasteiger partial charge in [0.25, 0.3) is 11.8 Å². The number of carbonyl (C=O) groups is 2. The van der Waals surface area contributed by atoms with Crippen molar-refractivity contribution in [3.63, 3.8) is 0 Å². The molecule has 1 aliphatic rings. The summed E-state index contributed by atoms with van der Waals surface area (Å²) in [6.07, 6.45) is 2.68. The second-order valence-electron chi connectivity index (χ2n) is 8.14. The van der Waals surface area contributed by atoms with Crippen LogP contribution >= 0.6 is 0 Å². The quantitative estimate of drug-likeness (QED) is 0.659. The lowest BCUT2D eigenvalue weighted by atomic mass is 9.95. The zero-order valence-corrected chi connectivity index (χ0v) is 17.9. The first-order chi connectivity index (χ1) is 14.9. The highest BCUT2D eigenvalue weighted by atomic mass is 16.5. The minimum absolute atomic E-state index is 0.0655. The largest absolute Gasteiger partial charge is 0.459 e. The number of carbonyl (C=O) groups excluding carboxylic acids is 2. The molecule has 1 N–H and O–H groups in total. The van der Waals surface area contributed by atoms with Gasteiger partial charge in [-0.1, -0.05) is 31.1 Å². The van der Waals surface area contributed by atoms with E-state index in [9.17, 15) is 9.59 Å². The molecule has 0 unspecified atom stereocenters. The molecule has 1 aliphatic heterocycles. The third kappa shape index (κ3) is 4.38. The van der Waals surface area contributed by atoms with Crippen molar-refractivity contribution in [3.8, 4) is 11.5 Å². The minimum atomic E-state index is -0.179. The summed E-state index contributed by atoms with van der Waals surface area (Å²) in [6.45, 7) is 6.95. The lowest BCUT2D eigenvalue weighted by Gasteiger charge is -2.31. The number of para-hydroxylation sites is 1. The van der Waals surface area contributed by atoms with Crippen molar-refractivity contribution in [2.24, 2.45) is 5.92 Å². The van der Waals surface area contributed by atoms with Crippen molar-refractivity contribution in [2.75, 3.05) is 18.4 Å². The van der Waals surface area contributed by atoms with Crippen LogP contribution in [0.25, 0.3) is 11.5 Å². The molecule has 0 atom stereocenters. The number of hydrogen-bond acceptors (Lipinski definition) is 6. The average Bonchev–Trinajstić information content (AvgIpc) is 3.47. The number of nitrogens with one attached hydrogen (secondary N) is 1. The van der Waals surface area contributed by atoms with Gasteiger partial charge in [-0.2, -0.15) is 4.98 Å². The van der Waals surface area contributed by atoms with E-state index in [-0.39, 0.29) is 23.7 Å². The van der Waals surface area contributed by atoms with Crippen LogP contribution in [0.5, 0.6) is 0 Å². The smallest absolute Gasteiger partial charge is 0.289 e. The summed E-state index contributed by atoms with van der Waals surface area (Å²) in [5.41, 5.74) is 2.30. The molecule has 0 saturated carbocycles. The summed E-state index contributed by atoms with van der Waals surface area (Å²) in [7, 11) is 0. The van der Waals surface area contributed by atoms with Crippen LogP contribution in [0.2, 0.25) is 0 Å². The first kappa shape index (κ1) is 20.8. The van der Waals surface area contributed by atoms with Crippen molar-refractivity contribution < 1.29 is 18.5 Å². The Kier molecular flexibility index (Phi) is 5.88. The summed E-state index contributed by atoms with van der Waals surface area (Å²) in [6, 6.07) is 9.05. The van der Waals surface area contributed by atoms with E-state index < -0.39 is 0 Å². The molecular weight excluding hydrogens is 396 g/mol. The normalized spacial score (nSPS) is 14.8. The number of aryl methyl sites for hydroxylation is 1. The first-order valence-electron chi connectivity index (χ1n) is 10.5. The number of rotatable bonds is 5. The molecule has 4 rings (SSSR count). The molecule has 0 bridgehead atoms. The summed E-state index contributed by atoms with van der Waals surface area (Å²) >= 11 is 0. The maximum Gasteiger partial charge on any atom is 0.289 e. The Morgan fingerprint density at radius 1 is 1.16 bits per heavy atom. The monoisotopic (exact) mass is 422 g/mol. The summed E-state index contributed by atoms with van der Waals surface area (Å²) in [5, 5.41) is 7.10. The highest BCUT2D eigenvalue weighted by Gasteiger charge is 2.29. The Bertz CT molecular complexity index is 1060. The molecule has 3 heterocycles. The van der Waals surface area contributed by atoms with Gasteiger partial charge in [0.05, 0.1) is 17.5 Å². The SMILES string of the molecule is Cc1cccc(-c2nc(C(C)C)no2)c1NC(=O)C1CCN(C(=O)c2ccco2)CC1. The zero-order valence-electron chi connectivity index (χ0n) is 17.9. The Balaban J connectivity index is 1.45. The van der Waals surface area contributed by atoms with Gasteiger partial charge < -0.3 is 19.2 Å². The van der Waals surface area contributed by atoms with E-state index in [0.29, 0.717) is 54.7 Å². The van der Waals surface area contributed by atoms with Crippen LogP contribution < -0.4 is 5.32 Å². The van der Waals surface area contributed by atoms with Crippen molar-refractivity contribution in [1.82, 2.24) is 15.0 Å². The second-order valence-corrected chi connectivity index (χ2v) is 8.14. The molecule has 0 aliphatic carbocycles. The van der Waals surface area contributed by atoms with Crippen LogP contribution in [0.3, 0.4) is 0 Å². The van der Waals surface area contributed by atoms with E-state index in [1.54, 1.807) is 17.0 Å². The molecule has 2 amide bonds. The van der Waals surface area contributed by atoms with Gasteiger partial charge in [0.2, 0.25) is 5.91 Å². The predicted octanol–water partition coefficient (Wildman–Crippen LogP) is 4.25. The fourth-order valence-electron chi connectivity index (χ4n) is 3.72. The highest BCUT2D eigenvalue weighted by molar-refractivity contribution is 5.97. The average molecular weight is 422 g/mol. The van der Waals surface area contributed by atoms with Gasteiger partial charge in [0.15, 0.2) is 11.6 Å². The molecule has 8 heteroatoms. The molecule has 0 radical (unpaired) electrons. The maximum absolute atomic E-state index is 13.0. The number of benzene rings is 1. The number of anilines is 1. The van der Waals surface area contributed by atoms with Gasteiger partial charge in [-0.05, 0) is 43.5 Å². The minimum Gasteiger partial charge on any atom is -0.459 e. The van der Waals surface area contributed by atoms with Crippen LogP contribution in [0, 0.1) is 12.8 Å². The third-order valence-electron chi connectivity index (χ3n) is 5.59. The summed E-state index contributed by atoms with van der Waals surface area (Å²) < 4.78 is 10.6. The van der Waals surface area contributed by atoms with Gasteiger partial charge in [-0.3, -0.25) is 9.59 Å². The van der Waals surface area contributed by atoms with Crippen molar-refractivity contribution in [2.45, 2.75) is 39.5 Å². The maximum atomic E-state index is 13.0.